The van der Waals surface area contributed by atoms with Crippen LogP contribution in [0.4, 0.5) is 0 Å². The van der Waals surface area contributed by atoms with Gasteiger partial charge in [0.05, 0.1) is 6.10 Å². The van der Waals surface area contributed by atoms with Gasteiger partial charge in [-0.15, -0.1) is 0 Å². The van der Waals surface area contributed by atoms with E-state index in [0.717, 1.165) is 51.4 Å². The molecule has 0 bridgehead atoms. The molecule has 0 saturated carbocycles. The molecule has 1 aliphatic rings. The zero-order chi connectivity index (χ0) is 19.8. The number of hydrogen-bond acceptors (Lipinski definition) is 4. The fourth-order valence-corrected chi connectivity index (χ4v) is 3.87. The summed E-state index contributed by atoms with van der Waals surface area (Å²) in [5.74, 6) is 0.262. The highest BCUT2D eigenvalue weighted by molar-refractivity contribution is 5.97. The SMILES string of the molecule is CCO[C@H](CN1CCN(C[C@@H](C)C(=O)c2ccccc2)CC1)c1ccccc1. The second-order valence-corrected chi connectivity index (χ2v) is 7.59. The third-order valence-electron chi connectivity index (χ3n) is 5.47. The highest BCUT2D eigenvalue weighted by atomic mass is 16.5. The number of carbonyl (C=O) groups excluding carboxylic acids is 1. The van der Waals surface area contributed by atoms with Crippen LogP contribution in [0.25, 0.3) is 0 Å². The second-order valence-electron chi connectivity index (χ2n) is 7.59. The molecule has 1 fully saturated rings. The number of benzene rings is 2. The number of Topliss-reactive ketones (excluding diaryl/α,β-unsaturated/α-hetero) is 1. The van der Waals surface area contributed by atoms with Crippen LogP contribution in [-0.2, 0) is 4.74 Å². The predicted molar refractivity (Wildman–Crippen MR) is 114 cm³/mol. The van der Waals surface area contributed by atoms with Crippen LogP contribution >= 0.6 is 0 Å². The molecule has 2 aromatic rings. The van der Waals surface area contributed by atoms with Crippen LogP contribution in [0.5, 0.6) is 0 Å². The molecule has 0 amide bonds. The molecule has 4 nitrogen and oxygen atoms in total. The molecule has 0 aromatic heterocycles. The molecule has 3 rings (SSSR count). The Morgan fingerprint density at radius 3 is 2.00 bits per heavy atom. The van der Waals surface area contributed by atoms with Gasteiger partial charge in [-0.1, -0.05) is 67.6 Å². The van der Waals surface area contributed by atoms with Crippen molar-refractivity contribution < 1.29 is 9.53 Å². The van der Waals surface area contributed by atoms with Gasteiger partial charge in [-0.3, -0.25) is 9.69 Å². The summed E-state index contributed by atoms with van der Waals surface area (Å²) in [7, 11) is 0. The highest BCUT2D eigenvalue weighted by Crippen LogP contribution is 2.20. The van der Waals surface area contributed by atoms with Gasteiger partial charge in [0.25, 0.3) is 0 Å². The van der Waals surface area contributed by atoms with Gasteiger partial charge in [0.2, 0.25) is 0 Å². The first kappa shape index (κ1) is 20.7. The van der Waals surface area contributed by atoms with Crippen LogP contribution in [0.3, 0.4) is 0 Å². The molecule has 2 atom stereocenters. The maximum absolute atomic E-state index is 12.6. The van der Waals surface area contributed by atoms with Crippen LogP contribution < -0.4 is 0 Å². The Morgan fingerprint density at radius 1 is 0.893 bits per heavy atom. The molecular weight excluding hydrogens is 348 g/mol. The number of ether oxygens (including phenoxy) is 1. The zero-order valence-electron chi connectivity index (χ0n) is 17.1. The van der Waals surface area contributed by atoms with Crippen LogP contribution in [0.2, 0.25) is 0 Å². The van der Waals surface area contributed by atoms with Gasteiger partial charge in [0.1, 0.15) is 0 Å². The molecule has 4 heteroatoms. The standard InChI is InChI=1S/C24H32N2O2/c1-3-28-23(21-10-6-4-7-11-21)19-26-16-14-25(15-17-26)18-20(2)24(27)22-12-8-5-9-13-22/h4-13,20,23H,3,14-19H2,1-2H3/t20-,23-/m1/s1. The summed E-state index contributed by atoms with van der Waals surface area (Å²) in [4.78, 5) is 17.5. The lowest BCUT2D eigenvalue weighted by atomic mass is 9.98. The monoisotopic (exact) mass is 380 g/mol. The van der Waals surface area contributed by atoms with E-state index in [9.17, 15) is 4.79 Å². The van der Waals surface area contributed by atoms with E-state index in [1.54, 1.807) is 0 Å². The molecular formula is C24H32N2O2. The van der Waals surface area contributed by atoms with Crippen LogP contribution in [0, 0.1) is 5.92 Å². The van der Waals surface area contributed by atoms with Gasteiger partial charge < -0.3 is 9.64 Å². The first-order valence-electron chi connectivity index (χ1n) is 10.4. The van der Waals surface area contributed by atoms with E-state index < -0.39 is 0 Å². The van der Waals surface area contributed by atoms with Crippen LogP contribution in [-0.4, -0.2) is 61.5 Å². The lowest BCUT2D eigenvalue weighted by molar-refractivity contribution is 0.0170. The van der Waals surface area contributed by atoms with Crippen molar-refractivity contribution >= 4 is 5.78 Å². The topological polar surface area (TPSA) is 32.8 Å². The maximum atomic E-state index is 12.6. The molecule has 1 heterocycles. The van der Waals surface area contributed by atoms with Gasteiger partial charge in [0, 0.05) is 57.4 Å². The highest BCUT2D eigenvalue weighted by Gasteiger charge is 2.24. The van der Waals surface area contributed by atoms with Gasteiger partial charge in [-0.25, -0.2) is 0 Å². The first-order chi connectivity index (χ1) is 13.7. The van der Waals surface area contributed by atoms with E-state index in [1.807, 2.05) is 43.3 Å². The normalized spacial score (nSPS) is 17.9. The largest absolute Gasteiger partial charge is 0.372 e. The number of piperazine rings is 1. The van der Waals surface area contributed by atoms with Crippen molar-refractivity contribution in [2.75, 3.05) is 45.9 Å². The Labute approximate surface area is 169 Å². The quantitative estimate of drug-likeness (QED) is 0.618. The minimum atomic E-state index is 0.0226. The summed E-state index contributed by atoms with van der Waals surface area (Å²) in [5.41, 5.74) is 2.06. The van der Waals surface area contributed by atoms with Crippen molar-refractivity contribution in [2.45, 2.75) is 20.0 Å². The van der Waals surface area contributed by atoms with E-state index in [4.69, 9.17) is 4.74 Å². The van der Waals surface area contributed by atoms with Crippen LogP contribution in [0.15, 0.2) is 60.7 Å². The number of ketones is 1. The molecule has 0 radical (unpaired) electrons. The minimum absolute atomic E-state index is 0.0226. The molecule has 1 aliphatic heterocycles. The number of hydrogen-bond donors (Lipinski definition) is 0. The van der Waals surface area contributed by atoms with Crippen molar-refractivity contribution in [2.24, 2.45) is 5.92 Å². The third-order valence-corrected chi connectivity index (χ3v) is 5.47. The number of rotatable bonds is 9. The van der Waals surface area contributed by atoms with Crippen LogP contribution in [0.1, 0.15) is 35.9 Å². The summed E-state index contributed by atoms with van der Waals surface area (Å²) in [6.45, 7) is 10.6. The summed E-state index contributed by atoms with van der Waals surface area (Å²) in [5, 5.41) is 0. The third kappa shape index (κ3) is 5.74. The average molecular weight is 381 g/mol. The van der Waals surface area contributed by atoms with Crippen molar-refractivity contribution in [3.05, 3.63) is 71.8 Å². The first-order valence-corrected chi connectivity index (χ1v) is 10.4. The molecule has 0 spiro atoms. The fourth-order valence-electron chi connectivity index (χ4n) is 3.87. The summed E-state index contributed by atoms with van der Waals surface area (Å²) >= 11 is 0. The Kier molecular flexibility index (Phi) is 7.78. The molecule has 28 heavy (non-hydrogen) atoms. The molecule has 1 saturated heterocycles. The van der Waals surface area contributed by atoms with E-state index >= 15 is 0 Å². The average Bonchev–Trinajstić information content (AvgIpc) is 2.75. The molecule has 0 unspecified atom stereocenters. The van der Waals surface area contributed by atoms with Gasteiger partial charge in [-0.05, 0) is 12.5 Å². The van der Waals surface area contributed by atoms with Crippen molar-refractivity contribution in [3.8, 4) is 0 Å². The number of carbonyl (C=O) groups is 1. The van der Waals surface area contributed by atoms with E-state index in [1.165, 1.54) is 5.56 Å². The Morgan fingerprint density at radius 2 is 1.43 bits per heavy atom. The van der Waals surface area contributed by atoms with Gasteiger partial charge in [0.15, 0.2) is 5.78 Å². The summed E-state index contributed by atoms with van der Waals surface area (Å²) < 4.78 is 6.00. The smallest absolute Gasteiger partial charge is 0.166 e. The summed E-state index contributed by atoms with van der Waals surface area (Å²) in [6.07, 6.45) is 0.122. The lowest BCUT2D eigenvalue weighted by Gasteiger charge is -2.37. The Balaban J connectivity index is 1.48. The Hall–Kier alpha value is -2.01. The number of nitrogens with zero attached hydrogens (tertiary/aromatic N) is 2. The van der Waals surface area contributed by atoms with E-state index in [0.29, 0.717) is 0 Å². The zero-order valence-corrected chi connectivity index (χ0v) is 17.1. The summed E-state index contributed by atoms with van der Waals surface area (Å²) in [6, 6.07) is 20.1. The molecule has 0 aliphatic carbocycles. The molecule has 0 N–H and O–H groups in total. The Bertz CT molecular complexity index is 712. The van der Waals surface area contributed by atoms with Crippen molar-refractivity contribution in [1.29, 1.82) is 0 Å². The lowest BCUT2D eigenvalue weighted by Crippen LogP contribution is -2.49. The van der Waals surface area contributed by atoms with Crippen molar-refractivity contribution in [1.82, 2.24) is 9.80 Å². The van der Waals surface area contributed by atoms with Crippen molar-refractivity contribution in [3.63, 3.8) is 0 Å². The van der Waals surface area contributed by atoms with Gasteiger partial charge >= 0.3 is 0 Å². The van der Waals surface area contributed by atoms with E-state index in [2.05, 4.69) is 41.0 Å². The van der Waals surface area contributed by atoms with E-state index in [-0.39, 0.29) is 17.8 Å². The predicted octanol–water partition coefficient (Wildman–Crippen LogP) is 3.90. The fraction of sp³-hybridized carbons (Fsp3) is 0.458. The molecule has 150 valence electrons. The second kappa shape index (κ2) is 10.5. The molecule has 2 aromatic carbocycles. The van der Waals surface area contributed by atoms with Gasteiger partial charge in [-0.2, -0.15) is 0 Å². The minimum Gasteiger partial charge on any atom is -0.372 e. The maximum Gasteiger partial charge on any atom is 0.166 e.